The van der Waals surface area contributed by atoms with Crippen LogP contribution in [-0.2, 0) is 6.18 Å². The molecular weight excluding hydrogens is 265 g/mol. The first-order valence-corrected chi connectivity index (χ1v) is 6.71. The molecule has 2 unspecified atom stereocenters. The van der Waals surface area contributed by atoms with Crippen LogP contribution in [0.1, 0.15) is 37.8 Å². The number of nitrogens with zero attached hydrogens (tertiary/aromatic N) is 2. The molecule has 1 aromatic carbocycles. The van der Waals surface area contributed by atoms with Crippen LogP contribution in [-0.4, -0.2) is 12.6 Å². The van der Waals surface area contributed by atoms with E-state index < -0.39 is 11.7 Å². The Labute approximate surface area is 116 Å². The Morgan fingerprint density at radius 1 is 1.30 bits per heavy atom. The number of piperidine rings is 1. The summed E-state index contributed by atoms with van der Waals surface area (Å²) >= 11 is 0. The van der Waals surface area contributed by atoms with Crippen molar-refractivity contribution >= 4 is 5.69 Å². The van der Waals surface area contributed by atoms with Gasteiger partial charge in [0.2, 0.25) is 0 Å². The zero-order valence-electron chi connectivity index (χ0n) is 11.5. The summed E-state index contributed by atoms with van der Waals surface area (Å²) in [5.74, 6) is 0.599. The number of hydrogen-bond donors (Lipinski definition) is 0. The van der Waals surface area contributed by atoms with Crippen molar-refractivity contribution in [2.45, 2.75) is 38.9 Å². The maximum atomic E-state index is 13.0. The molecule has 0 radical (unpaired) electrons. The summed E-state index contributed by atoms with van der Waals surface area (Å²) in [5, 5.41) is 8.81. The van der Waals surface area contributed by atoms with Gasteiger partial charge in [-0.3, -0.25) is 0 Å². The highest BCUT2D eigenvalue weighted by atomic mass is 19.4. The second kappa shape index (κ2) is 5.35. The lowest BCUT2D eigenvalue weighted by molar-refractivity contribution is -0.137. The fraction of sp³-hybridized carbons (Fsp3) is 0.533. The molecule has 0 aromatic heterocycles. The summed E-state index contributed by atoms with van der Waals surface area (Å²) < 4.78 is 38.9. The van der Waals surface area contributed by atoms with Gasteiger partial charge in [-0.25, -0.2) is 0 Å². The molecule has 1 aliphatic heterocycles. The van der Waals surface area contributed by atoms with Gasteiger partial charge < -0.3 is 4.90 Å². The van der Waals surface area contributed by atoms with E-state index in [-0.39, 0.29) is 11.6 Å². The average molecular weight is 282 g/mol. The van der Waals surface area contributed by atoms with Crippen LogP contribution >= 0.6 is 0 Å². The van der Waals surface area contributed by atoms with Crippen LogP contribution in [0.4, 0.5) is 18.9 Å². The van der Waals surface area contributed by atoms with Crippen molar-refractivity contribution in [3.63, 3.8) is 0 Å². The standard InChI is InChI=1S/C15H17F3N2/c1-10-5-6-20(11(2)7-10)13-4-3-12(9-19)14(8-13)15(16,17)18/h3-4,8,10-11H,5-7H2,1-2H3. The molecule has 0 amide bonds. The fourth-order valence-corrected chi connectivity index (χ4v) is 2.83. The van der Waals surface area contributed by atoms with Crippen LogP contribution in [0.3, 0.4) is 0 Å². The molecule has 1 heterocycles. The smallest absolute Gasteiger partial charge is 0.369 e. The number of rotatable bonds is 1. The summed E-state index contributed by atoms with van der Waals surface area (Å²) in [6, 6.07) is 5.81. The van der Waals surface area contributed by atoms with E-state index in [1.54, 1.807) is 12.1 Å². The van der Waals surface area contributed by atoms with Crippen molar-refractivity contribution in [1.29, 1.82) is 5.26 Å². The lowest BCUT2D eigenvalue weighted by Crippen LogP contribution is -2.40. The molecule has 0 bridgehead atoms. The first-order valence-electron chi connectivity index (χ1n) is 6.71. The van der Waals surface area contributed by atoms with Crippen molar-refractivity contribution in [3.05, 3.63) is 29.3 Å². The molecule has 0 spiro atoms. The summed E-state index contributed by atoms with van der Waals surface area (Å²) in [5.41, 5.74) is -0.613. The molecule has 2 rings (SSSR count). The molecule has 1 aliphatic rings. The third-order valence-corrected chi connectivity index (χ3v) is 3.90. The normalized spacial score (nSPS) is 23.5. The summed E-state index contributed by atoms with van der Waals surface area (Å²) in [4.78, 5) is 2.00. The Morgan fingerprint density at radius 3 is 2.55 bits per heavy atom. The topological polar surface area (TPSA) is 27.0 Å². The Kier molecular flexibility index (Phi) is 3.94. The first-order chi connectivity index (χ1) is 9.32. The van der Waals surface area contributed by atoms with Crippen LogP contribution in [0, 0.1) is 17.2 Å². The van der Waals surface area contributed by atoms with Gasteiger partial charge in [0.15, 0.2) is 0 Å². The van der Waals surface area contributed by atoms with Gasteiger partial charge in [-0.05, 0) is 43.9 Å². The van der Waals surface area contributed by atoms with Gasteiger partial charge in [0.25, 0.3) is 0 Å². The van der Waals surface area contributed by atoms with E-state index in [1.807, 2.05) is 11.8 Å². The molecule has 1 aromatic rings. The van der Waals surface area contributed by atoms with E-state index in [4.69, 9.17) is 5.26 Å². The molecule has 0 aliphatic carbocycles. The molecule has 1 saturated heterocycles. The summed E-state index contributed by atoms with van der Waals surface area (Å²) in [7, 11) is 0. The van der Waals surface area contributed by atoms with Gasteiger partial charge in [0, 0.05) is 18.3 Å². The van der Waals surface area contributed by atoms with Gasteiger partial charge in [-0.1, -0.05) is 6.92 Å². The molecule has 2 nitrogen and oxygen atoms in total. The molecule has 5 heteroatoms. The molecule has 1 fully saturated rings. The molecule has 2 atom stereocenters. The largest absolute Gasteiger partial charge is 0.417 e. The van der Waals surface area contributed by atoms with Crippen molar-refractivity contribution in [1.82, 2.24) is 0 Å². The second-order valence-corrected chi connectivity index (χ2v) is 5.51. The Morgan fingerprint density at radius 2 is 2.00 bits per heavy atom. The predicted molar refractivity (Wildman–Crippen MR) is 71.4 cm³/mol. The van der Waals surface area contributed by atoms with Crippen LogP contribution in [0.5, 0.6) is 0 Å². The monoisotopic (exact) mass is 282 g/mol. The van der Waals surface area contributed by atoms with Gasteiger partial charge >= 0.3 is 6.18 Å². The van der Waals surface area contributed by atoms with Gasteiger partial charge in [0.05, 0.1) is 17.2 Å². The lowest BCUT2D eigenvalue weighted by Gasteiger charge is -2.38. The predicted octanol–water partition coefficient (Wildman–Crippen LogP) is 4.20. The molecule has 20 heavy (non-hydrogen) atoms. The highest BCUT2D eigenvalue weighted by Gasteiger charge is 2.35. The van der Waals surface area contributed by atoms with Gasteiger partial charge in [0.1, 0.15) is 0 Å². The molecular formula is C15H17F3N2. The molecule has 0 saturated carbocycles. The minimum absolute atomic E-state index is 0.216. The Balaban J connectivity index is 2.37. The lowest BCUT2D eigenvalue weighted by atomic mass is 9.92. The van der Waals surface area contributed by atoms with Crippen LogP contribution in [0.2, 0.25) is 0 Å². The number of benzene rings is 1. The van der Waals surface area contributed by atoms with Crippen molar-refractivity contribution in [2.75, 3.05) is 11.4 Å². The van der Waals surface area contributed by atoms with E-state index in [1.165, 1.54) is 6.07 Å². The summed E-state index contributed by atoms with van der Waals surface area (Å²) in [6.07, 6.45) is -2.54. The Bertz CT molecular complexity index is 531. The van der Waals surface area contributed by atoms with Gasteiger partial charge in [-0.15, -0.1) is 0 Å². The highest BCUT2D eigenvalue weighted by Crippen LogP contribution is 2.36. The number of alkyl halides is 3. The maximum absolute atomic E-state index is 13.0. The zero-order valence-corrected chi connectivity index (χ0v) is 11.5. The van der Waals surface area contributed by atoms with E-state index in [9.17, 15) is 13.2 Å². The van der Waals surface area contributed by atoms with E-state index in [0.29, 0.717) is 11.6 Å². The van der Waals surface area contributed by atoms with Crippen molar-refractivity contribution < 1.29 is 13.2 Å². The third-order valence-electron chi connectivity index (χ3n) is 3.90. The zero-order chi connectivity index (χ0) is 14.9. The van der Waals surface area contributed by atoms with Crippen molar-refractivity contribution in [2.24, 2.45) is 5.92 Å². The number of halogens is 3. The van der Waals surface area contributed by atoms with E-state index in [0.717, 1.165) is 25.5 Å². The fourth-order valence-electron chi connectivity index (χ4n) is 2.83. The van der Waals surface area contributed by atoms with E-state index >= 15 is 0 Å². The maximum Gasteiger partial charge on any atom is 0.417 e. The van der Waals surface area contributed by atoms with Crippen LogP contribution < -0.4 is 4.90 Å². The molecule has 0 N–H and O–H groups in total. The van der Waals surface area contributed by atoms with Crippen molar-refractivity contribution in [3.8, 4) is 6.07 Å². The second-order valence-electron chi connectivity index (χ2n) is 5.51. The van der Waals surface area contributed by atoms with Crippen LogP contribution in [0.25, 0.3) is 0 Å². The minimum atomic E-state index is -4.49. The van der Waals surface area contributed by atoms with Gasteiger partial charge in [-0.2, -0.15) is 18.4 Å². The average Bonchev–Trinajstić information content (AvgIpc) is 2.37. The quantitative estimate of drug-likeness (QED) is 0.771. The molecule has 108 valence electrons. The van der Waals surface area contributed by atoms with E-state index in [2.05, 4.69) is 6.92 Å². The number of hydrogen-bond acceptors (Lipinski definition) is 2. The highest BCUT2D eigenvalue weighted by molar-refractivity contribution is 5.55. The van der Waals surface area contributed by atoms with Crippen LogP contribution in [0.15, 0.2) is 18.2 Å². The minimum Gasteiger partial charge on any atom is -0.369 e. The SMILES string of the molecule is CC1CCN(c2ccc(C#N)c(C(F)(F)F)c2)C(C)C1. The first kappa shape index (κ1) is 14.7. The number of nitriles is 1. The third kappa shape index (κ3) is 2.90. The summed E-state index contributed by atoms with van der Waals surface area (Å²) in [6.45, 7) is 4.94. The Hall–Kier alpha value is -1.70. The number of anilines is 1.